The summed E-state index contributed by atoms with van der Waals surface area (Å²) in [6.07, 6.45) is 6.09. The van der Waals surface area contributed by atoms with Crippen molar-refractivity contribution in [2.24, 2.45) is 0 Å². The van der Waals surface area contributed by atoms with Gasteiger partial charge in [0.05, 0.1) is 11.1 Å². The lowest BCUT2D eigenvalue weighted by atomic mass is 9.96. The molecule has 0 bridgehead atoms. The number of benzene rings is 2. The summed E-state index contributed by atoms with van der Waals surface area (Å²) in [4.78, 5) is 20.5. The lowest BCUT2D eigenvalue weighted by molar-refractivity contribution is 0.0930. The van der Waals surface area contributed by atoms with Gasteiger partial charge < -0.3 is 20.3 Å². The fourth-order valence-corrected chi connectivity index (χ4v) is 4.81. The monoisotopic (exact) mass is 442 g/mol. The van der Waals surface area contributed by atoms with Gasteiger partial charge in [0, 0.05) is 42.0 Å². The lowest BCUT2D eigenvalue weighted by Crippen LogP contribution is -2.46. The van der Waals surface area contributed by atoms with E-state index in [1.54, 1.807) is 0 Å². The maximum absolute atomic E-state index is 13.5. The smallest absolute Gasteiger partial charge is 0.252 e. The molecule has 6 nitrogen and oxygen atoms in total. The SMILES string of the molecule is Cc1ccc(OCC2CCN2)cc1C(=O)NC1(c2cc(N3CCC3)cc3ncccc23)CC1. The van der Waals surface area contributed by atoms with Crippen molar-refractivity contribution in [1.82, 2.24) is 15.6 Å². The van der Waals surface area contributed by atoms with E-state index >= 15 is 0 Å². The molecule has 3 aliphatic rings. The summed E-state index contributed by atoms with van der Waals surface area (Å²) in [6, 6.07) is 14.8. The fraction of sp³-hybridized carbons (Fsp3) is 0.407. The third-order valence-electron chi connectivity index (χ3n) is 7.38. The van der Waals surface area contributed by atoms with E-state index in [9.17, 15) is 4.79 Å². The van der Waals surface area contributed by atoms with Crippen LogP contribution in [0.4, 0.5) is 5.69 Å². The van der Waals surface area contributed by atoms with Crippen molar-refractivity contribution in [3.8, 4) is 5.75 Å². The molecule has 3 fully saturated rings. The number of rotatable bonds is 7. The summed E-state index contributed by atoms with van der Waals surface area (Å²) in [5.41, 5.74) is 4.69. The molecule has 2 N–H and O–H groups in total. The molecule has 2 aliphatic heterocycles. The van der Waals surface area contributed by atoms with Gasteiger partial charge in [-0.1, -0.05) is 12.1 Å². The number of pyridine rings is 1. The van der Waals surface area contributed by atoms with Gasteiger partial charge >= 0.3 is 0 Å². The lowest BCUT2D eigenvalue weighted by Gasteiger charge is -2.34. The van der Waals surface area contributed by atoms with E-state index < -0.39 is 0 Å². The Hall–Kier alpha value is -3.12. The van der Waals surface area contributed by atoms with Crippen molar-refractivity contribution in [1.29, 1.82) is 0 Å². The zero-order valence-corrected chi connectivity index (χ0v) is 19.1. The molecular weight excluding hydrogens is 412 g/mol. The highest BCUT2D eigenvalue weighted by Gasteiger charge is 2.47. The zero-order valence-electron chi connectivity index (χ0n) is 19.1. The van der Waals surface area contributed by atoms with Gasteiger partial charge in [0.1, 0.15) is 12.4 Å². The summed E-state index contributed by atoms with van der Waals surface area (Å²) in [7, 11) is 0. The van der Waals surface area contributed by atoms with Crippen molar-refractivity contribution in [3.63, 3.8) is 0 Å². The van der Waals surface area contributed by atoms with Crippen molar-refractivity contribution in [2.75, 3.05) is 31.1 Å². The minimum atomic E-state index is -0.335. The Labute approximate surface area is 194 Å². The number of nitrogens with one attached hydrogen (secondary N) is 2. The van der Waals surface area contributed by atoms with Crippen LogP contribution in [0.5, 0.6) is 5.75 Å². The minimum Gasteiger partial charge on any atom is -0.492 e. The summed E-state index contributed by atoms with van der Waals surface area (Å²) in [5, 5.41) is 7.87. The highest BCUT2D eigenvalue weighted by atomic mass is 16.5. The molecular formula is C27H30N4O2. The zero-order chi connectivity index (χ0) is 22.4. The number of anilines is 1. The molecule has 1 amide bonds. The number of aryl methyl sites for hydroxylation is 1. The molecule has 1 unspecified atom stereocenters. The van der Waals surface area contributed by atoms with Gasteiger partial charge in [-0.15, -0.1) is 0 Å². The molecule has 0 spiro atoms. The fourth-order valence-electron chi connectivity index (χ4n) is 4.81. The van der Waals surface area contributed by atoms with Crippen LogP contribution in [0.3, 0.4) is 0 Å². The summed E-state index contributed by atoms with van der Waals surface area (Å²) in [5.74, 6) is 0.711. The van der Waals surface area contributed by atoms with Crippen LogP contribution in [0.25, 0.3) is 10.9 Å². The Morgan fingerprint density at radius 3 is 2.79 bits per heavy atom. The predicted octanol–water partition coefficient (Wildman–Crippen LogP) is 3.91. The second-order valence-corrected chi connectivity index (χ2v) is 9.67. The first-order valence-corrected chi connectivity index (χ1v) is 12.0. The quantitative estimate of drug-likeness (QED) is 0.581. The Balaban J connectivity index is 1.28. The van der Waals surface area contributed by atoms with Crippen molar-refractivity contribution in [2.45, 2.75) is 44.2 Å². The van der Waals surface area contributed by atoms with Gasteiger partial charge in [-0.3, -0.25) is 9.78 Å². The van der Waals surface area contributed by atoms with E-state index in [4.69, 9.17) is 4.74 Å². The Morgan fingerprint density at radius 1 is 1.24 bits per heavy atom. The van der Waals surface area contributed by atoms with Gasteiger partial charge in [-0.2, -0.15) is 0 Å². The number of amides is 1. The average Bonchev–Trinajstić information content (AvgIpc) is 3.52. The molecule has 6 heteroatoms. The number of hydrogen-bond donors (Lipinski definition) is 2. The Bertz CT molecular complexity index is 1210. The van der Waals surface area contributed by atoms with E-state index in [1.165, 1.54) is 17.7 Å². The van der Waals surface area contributed by atoms with Crippen LogP contribution in [0.1, 0.15) is 47.2 Å². The van der Waals surface area contributed by atoms with Gasteiger partial charge in [-0.05, 0) is 80.6 Å². The molecule has 2 aromatic carbocycles. The van der Waals surface area contributed by atoms with Crippen LogP contribution in [-0.4, -0.2) is 43.2 Å². The highest BCUT2D eigenvalue weighted by Crippen LogP contribution is 2.49. The molecule has 33 heavy (non-hydrogen) atoms. The number of hydrogen-bond acceptors (Lipinski definition) is 5. The van der Waals surface area contributed by atoms with Crippen LogP contribution in [0.2, 0.25) is 0 Å². The second kappa shape index (κ2) is 8.03. The second-order valence-electron chi connectivity index (χ2n) is 9.67. The summed E-state index contributed by atoms with van der Waals surface area (Å²) >= 11 is 0. The van der Waals surface area contributed by atoms with Crippen molar-refractivity contribution >= 4 is 22.5 Å². The number of aromatic nitrogens is 1. The van der Waals surface area contributed by atoms with Gasteiger partial charge in [0.2, 0.25) is 0 Å². The Kier molecular flexibility index (Phi) is 4.98. The molecule has 1 atom stereocenters. The van der Waals surface area contributed by atoms with Crippen LogP contribution in [-0.2, 0) is 5.54 Å². The average molecular weight is 443 g/mol. The van der Waals surface area contributed by atoms with Crippen molar-refractivity contribution in [3.05, 3.63) is 65.4 Å². The minimum absolute atomic E-state index is 0.0383. The maximum Gasteiger partial charge on any atom is 0.252 e. The van der Waals surface area contributed by atoms with Crippen LogP contribution in [0, 0.1) is 6.92 Å². The van der Waals surface area contributed by atoms with E-state index in [0.29, 0.717) is 18.2 Å². The van der Waals surface area contributed by atoms with Gasteiger partial charge in [0.25, 0.3) is 5.91 Å². The number of fused-ring (bicyclic) bond motifs is 1. The number of ether oxygens (including phenoxy) is 1. The van der Waals surface area contributed by atoms with E-state index in [1.807, 2.05) is 37.4 Å². The van der Waals surface area contributed by atoms with E-state index in [0.717, 1.165) is 61.1 Å². The molecule has 2 saturated heterocycles. The number of carbonyl (C=O) groups excluding carboxylic acids is 1. The first-order chi connectivity index (χ1) is 16.1. The van der Waals surface area contributed by atoms with E-state index in [-0.39, 0.29) is 11.4 Å². The van der Waals surface area contributed by atoms with Crippen LogP contribution < -0.4 is 20.3 Å². The number of carbonyl (C=O) groups is 1. The molecule has 3 heterocycles. The van der Waals surface area contributed by atoms with Crippen LogP contribution >= 0.6 is 0 Å². The highest BCUT2D eigenvalue weighted by molar-refractivity contribution is 5.97. The third kappa shape index (κ3) is 3.82. The standard InChI is InChI=1S/C27H30N4O2/c1-18-5-6-21(33-17-19-7-11-28-19)16-23(18)26(32)30-27(8-9-27)24-14-20(31-12-3-13-31)15-25-22(24)4-2-10-29-25/h2,4-6,10,14-16,19,28H,3,7-9,11-13,17H2,1H3,(H,30,32). The number of nitrogens with zero attached hydrogens (tertiary/aromatic N) is 2. The molecule has 170 valence electrons. The van der Waals surface area contributed by atoms with E-state index in [2.05, 4.69) is 38.7 Å². The molecule has 6 rings (SSSR count). The Morgan fingerprint density at radius 2 is 2.09 bits per heavy atom. The largest absolute Gasteiger partial charge is 0.492 e. The molecule has 0 radical (unpaired) electrons. The molecule has 1 aliphatic carbocycles. The van der Waals surface area contributed by atoms with Crippen molar-refractivity contribution < 1.29 is 9.53 Å². The first-order valence-electron chi connectivity index (χ1n) is 12.0. The third-order valence-corrected chi connectivity index (χ3v) is 7.38. The summed E-state index contributed by atoms with van der Waals surface area (Å²) in [6.45, 7) is 5.84. The predicted molar refractivity (Wildman–Crippen MR) is 130 cm³/mol. The van der Waals surface area contributed by atoms with Gasteiger partial charge in [-0.25, -0.2) is 0 Å². The summed E-state index contributed by atoms with van der Waals surface area (Å²) < 4.78 is 5.95. The molecule has 3 aromatic rings. The topological polar surface area (TPSA) is 66.5 Å². The molecule has 1 saturated carbocycles. The maximum atomic E-state index is 13.5. The van der Waals surface area contributed by atoms with Gasteiger partial charge in [0.15, 0.2) is 0 Å². The first kappa shape index (κ1) is 20.5. The molecule has 1 aromatic heterocycles. The van der Waals surface area contributed by atoms with Crippen LogP contribution in [0.15, 0.2) is 48.7 Å². The normalized spacial score (nSPS) is 20.6.